The number of hydrogen-bond donors (Lipinski definition) is 2. The van der Waals surface area contributed by atoms with Crippen molar-refractivity contribution in [1.29, 1.82) is 5.26 Å². The number of benzene rings is 3. The SMILES string of the molecule is COCCNC(=O)c1cccc2c(=O)n(-c3cc(NC(=O)c4cccc(C(C)(C)C#N)c4)ccc3C)cnc12. The number of carbonyl (C=O) groups excluding carboxylic acids is 2. The zero-order valence-electron chi connectivity index (χ0n) is 22.2. The first-order valence-corrected chi connectivity index (χ1v) is 12.4. The van der Waals surface area contributed by atoms with Gasteiger partial charge in [-0.15, -0.1) is 0 Å². The molecule has 0 saturated carbocycles. The highest BCUT2D eigenvalue weighted by molar-refractivity contribution is 6.05. The average Bonchev–Trinajstić information content (AvgIpc) is 2.94. The standard InChI is InChI=1S/C30H29N5O4/c1-19-11-12-22(34-27(36)20-7-5-8-21(15-20)30(2,3)17-31)16-25(19)35-18-33-26-23(28(37)32-13-14-39-4)9-6-10-24(26)29(35)38/h5-12,15-16,18H,13-14H2,1-4H3,(H,32,37)(H,34,36). The van der Waals surface area contributed by atoms with Crippen LogP contribution in [0.2, 0.25) is 0 Å². The zero-order chi connectivity index (χ0) is 28.2. The number of fused-ring (bicyclic) bond motifs is 1. The maximum absolute atomic E-state index is 13.5. The van der Waals surface area contributed by atoms with Crippen molar-refractivity contribution >= 4 is 28.4 Å². The lowest BCUT2D eigenvalue weighted by Crippen LogP contribution is -2.28. The van der Waals surface area contributed by atoms with Gasteiger partial charge in [0.1, 0.15) is 6.33 Å². The number of hydrogen-bond acceptors (Lipinski definition) is 6. The van der Waals surface area contributed by atoms with Gasteiger partial charge in [0.15, 0.2) is 0 Å². The number of nitrogens with one attached hydrogen (secondary N) is 2. The van der Waals surface area contributed by atoms with Gasteiger partial charge in [0.2, 0.25) is 0 Å². The van der Waals surface area contributed by atoms with E-state index in [1.807, 2.05) is 13.0 Å². The van der Waals surface area contributed by atoms with Gasteiger partial charge in [0.05, 0.1) is 40.2 Å². The van der Waals surface area contributed by atoms with Gasteiger partial charge in [-0.05, 0) is 68.3 Å². The molecule has 9 heteroatoms. The summed E-state index contributed by atoms with van der Waals surface area (Å²) in [7, 11) is 1.55. The van der Waals surface area contributed by atoms with Crippen molar-refractivity contribution in [2.75, 3.05) is 25.6 Å². The van der Waals surface area contributed by atoms with Crippen molar-refractivity contribution < 1.29 is 14.3 Å². The number of anilines is 1. The zero-order valence-corrected chi connectivity index (χ0v) is 22.2. The Kier molecular flexibility index (Phi) is 7.88. The number of aryl methyl sites for hydroxylation is 1. The molecular weight excluding hydrogens is 494 g/mol. The summed E-state index contributed by atoms with van der Waals surface area (Å²) in [5, 5.41) is 15.4. The normalized spacial score (nSPS) is 11.2. The second-order valence-electron chi connectivity index (χ2n) is 9.64. The minimum absolute atomic E-state index is 0.294. The summed E-state index contributed by atoms with van der Waals surface area (Å²) in [6, 6.07) is 19.3. The minimum Gasteiger partial charge on any atom is -0.383 e. The van der Waals surface area contributed by atoms with Crippen LogP contribution < -0.4 is 16.2 Å². The molecule has 2 N–H and O–H groups in total. The minimum atomic E-state index is -0.734. The molecule has 0 fully saturated rings. The first-order chi connectivity index (χ1) is 18.7. The second kappa shape index (κ2) is 11.3. The van der Waals surface area contributed by atoms with Gasteiger partial charge in [-0.3, -0.25) is 19.0 Å². The molecule has 1 aromatic heterocycles. The maximum atomic E-state index is 13.5. The lowest BCUT2D eigenvalue weighted by molar-refractivity contribution is 0.0938. The number of ether oxygens (including phenoxy) is 1. The molecule has 1 heterocycles. The van der Waals surface area contributed by atoms with Crippen molar-refractivity contribution in [2.24, 2.45) is 0 Å². The third-order valence-electron chi connectivity index (χ3n) is 6.48. The largest absolute Gasteiger partial charge is 0.383 e. The summed E-state index contributed by atoms with van der Waals surface area (Å²) in [6.45, 7) is 6.14. The summed E-state index contributed by atoms with van der Waals surface area (Å²) in [5.74, 6) is -0.682. The molecule has 0 bridgehead atoms. The van der Waals surface area contributed by atoms with Gasteiger partial charge in [-0.25, -0.2) is 4.98 Å². The predicted octanol–water partition coefficient (Wildman–Crippen LogP) is 4.12. The Labute approximate surface area is 226 Å². The monoisotopic (exact) mass is 523 g/mol. The predicted molar refractivity (Wildman–Crippen MR) is 149 cm³/mol. The first kappa shape index (κ1) is 27.2. The molecular formula is C30H29N5O4. The molecule has 0 radical (unpaired) electrons. The lowest BCUT2D eigenvalue weighted by atomic mass is 9.85. The summed E-state index contributed by atoms with van der Waals surface area (Å²) in [6.07, 6.45) is 1.39. The molecule has 0 atom stereocenters. The summed E-state index contributed by atoms with van der Waals surface area (Å²) in [5.41, 5.74) is 2.50. The summed E-state index contributed by atoms with van der Waals surface area (Å²) >= 11 is 0. The fourth-order valence-corrected chi connectivity index (χ4v) is 4.13. The van der Waals surface area contributed by atoms with E-state index in [0.29, 0.717) is 46.6 Å². The van der Waals surface area contributed by atoms with E-state index in [0.717, 1.165) is 11.1 Å². The molecule has 0 saturated heterocycles. The van der Waals surface area contributed by atoms with Gasteiger partial charge in [0, 0.05) is 24.9 Å². The third kappa shape index (κ3) is 5.71. The van der Waals surface area contributed by atoms with Crippen molar-refractivity contribution in [2.45, 2.75) is 26.2 Å². The van der Waals surface area contributed by atoms with Crippen LogP contribution in [0.1, 0.15) is 45.7 Å². The van der Waals surface area contributed by atoms with Crippen molar-refractivity contribution in [3.05, 3.63) is 99.6 Å². The summed E-state index contributed by atoms with van der Waals surface area (Å²) in [4.78, 5) is 43.6. The molecule has 0 spiro atoms. The number of amides is 2. The van der Waals surface area contributed by atoms with E-state index >= 15 is 0 Å². The molecule has 0 aliphatic carbocycles. The highest BCUT2D eigenvalue weighted by Gasteiger charge is 2.21. The Morgan fingerprint density at radius 1 is 1.08 bits per heavy atom. The van der Waals surface area contributed by atoms with Crippen LogP contribution in [0.5, 0.6) is 0 Å². The number of methoxy groups -OCH3 is 1. The van der Waals surface area contributed by atoms with E-state index in [-0.39, 0.29) is 17.4 Å². The number of aromatic nitrogens is 2. The molecule has 198 valence electrons. The molecule has 3 aromatic carbocycles. The average molecular weight is 524 g/mol. The smallest absolute Gasteiger partial charge is 0.265 e. The Balaban J connectivity index is 1.66. The Morgan fingerprint density at radius 2 is 1.85 bits per heavy atom. The highest BCUT2D eigenvalue weighted by atomic mass is 16.5. The highest BCUT2D eigenvalue weighted by Crippen LogP contribution is 2.24. The Morgan fingerprint density at radius 3 is 2.59 bits per heavy atom. The van der Waals surface area contributed by atoms with Crippen molar-refractivity contribution in [1.82, 2.24) is 14.9 Å². The van der Waals surface area contributed by atoms with Crippen molar-refractivity contribution in [3.63, 3.8) is 0 Å². The van der Waals surface area contributed by atoms with Gasteiger partial charge in [-0.2, -0.15) is 5.26 Å². The van der Waals surface area contributed by atoms with E-state index < -0.39 is 5.41 Å². The topological polar surface area (TPSA) is 126 Å². The van der Waals surface area contributed by atoms with Crippen molar-refractivity contribution in [3.8, 4) is 11.8 Å². The summed E-state index contributed by atoms with van der Waals surface area (Å²) < 4.78 is 6.37. The van der Waals surface area contributed by atoms with Crippen LogP contribution in [0, 0.1) is 18.3 Å². The van der Waals surface area contributed by atoms with E-state index in [1.165, 1.54) is 10.9 Å². The lowest BCUT2D eigenvalue weighted by Gasteiger charge is -2.17. The van der Waals surface area contributed by atoms with Crippen LogP contribution in [0.3, 0.4) is 0 Å². The first-order valence-electron chi connectivity index (χ1n) is 12.4. The van der Waals surface area contributed by atoms with Crippen LogP contribution in [0.15, 0.2) is 71.8 Å². The van der Waals surface area contributed by atoms with E-state index in [9.17, 15) is 19.6 Å². The number of nitrogens with zero attached hydrogens (tertiary/aromatic N) is 3. The van der Waals surface area contributed by atoms with Gasteiger partial charge in [-0.1, -0.05) is 24.3 Å². The number of nitriles is 1. The fraction of sp³-hybridized carbons (Fsp3) is 0.233. The van der Waals surface area contributed by atoms with Crippen LogP contribution >= 0.6 is 0 Å². The van der Waals surface area contributed by atoms with Crippen LogP contribution in [-0.4, -0.2) is 41.6 Å². The van der Waals surface area contributed by atoms with E-state index in [4.69, 9.17) is 4.74 Å². The van der Waals surface area contributed by atoms with Gasteiger partial charge < -0.3 is 15.4 Å². The van der Waals surface area contributed by atoms with Gasteiger partial charge in [0.25, 0.3) is 17.4 Å². The Hall–Kier alpha value is -4.81. The van der Waals surface area contributed by atoms with Gasteiger partial charge >= 0.3 is 0 Å². The second-order valence-corrected chi connectivity index (χ2v) is 9.64. The Bertz CT molecular complexity index is 1670. The number of carbonyl (C=O) groups is 2. The molecule has 4 rings (SSSR count). The van der Waals surface area contributed by atoms with Crippen LogP contribution in [-0.2, 0) is 10.2 Å². The van der Waals surface area contributed by atoms with Crippen LogP contribution in [0.4, 0.5) is 5.69 Å². The molecule has 0 unspecified atom stereocenters. The molecule has 0 aliphatic rings. The molecule has 9 nitrogen and oxygen atoms in total. The molecule has 4 aromatic rings. The third-order valence-corrected chi connectivity index (χ3v) is 6.48. The molecule has 39 heavy (non-hydrogen) atoms. The van der Waals surface area contributed by atoms with Crippen LogP contribution in [0.25, 0.3) is 16.6 Å². The number of para-hydroxylation sites is 1. The van der Waals surface area contributed by atoms with E-state index in [1.54, 1.807) is 75.6 Å². The quantitative estimate of drug-likeness (QED) is 0.335. The number of rotatable bonds is 8. The van der Waals surface area contributed by atoms with E-state index in [2.05, 4.69) is 21.7 Å². The fourth-order valence-electron chi connectivity index (χ4n) is 4.13. The molecule has 2 amide bonds. The molecule has 0 aliphatic heterocycles. The maximum Gasteiger partial charge on any atom is 0.265 e.